The first kappa shape index (κ1) is 12.4. The predicted octanol–water partition coefficient (Wildman–Crippen LogP) is 3.59. The van der Waals surface area contributed by atoms with Crippen LogP contribution in [0.25, 0.3) is 5.78 Å². The summed E-state index contributed by atoms with van der Waals surface area (Å²) >= 11 is 9.43. The van der Waals surface area contributed by atoms with Crippen LogP contribution in [-0.4, -0.2) is 19.6 Å². The fourth-order valence-corrected chi connectivity index (χ4v) is 2.28. The van der Waals surface area contributed by atoms with Gasteiger partial charge in [0, 0.05) is 16.2 Å². The second-order valence-corrected chi connectivity index (χ2v) is 5.32. The number of anilines is 2. The van der Waals surface area contributed by atoms with Gasteiger partial charge in [0.25, 0.3) is 5.78 Å². The third-order valence-corrected chi connectivity index (χ3v) is 3.37. The molecule has 1 N–H and O–H groups in total. The maximum atomic E-state index is 5.98. The molecule has 2 heterocycles. The average Bonchev–Trinajstić information content (AvgIpc) is 2.82. The van der Waals surface area contributed by atoms with Gasteiger partial charge in [0.2, 0.25) is 0 Å². The van der Waals surface area contributed by atoms with E-state index >= 15 is 0 Å². The van der Waals surface area contributed by atoms with Crippen molar-refractivity contribution < 1.29 is 0 Å². The van der Waals surface area contributed by atoms with Crippen molar-refractivity contribution in [3.8, 4) is 0 Å². The van der Waals surface area contributed by atoms with E-state index in [1.807, 2.05) is 25.1 Å². The number of fused-ring (bicyclic) bond motifs is 1. The van der Waals surface area contributed by atoms with Gasteiger partial charge in [0.15, 0.2) is 0 Å². The zero-order valence-corrected chi connectivity index (χ0v) is 12.3. The average molecular weight is 339 g/mol. The molecule has 19 heavy (non-hydrogen) atoms. The molecule has 2 aromatic heterocycles. The number of benzene rings is 1. The summed E-state index contributed by atoms with van der Waals surface area (Å²) in [5, 5.41) is 7.78. The number of halogens is 2. The lowest BCUT2D eigenvalue weighted by Crippen LogP contribution is -2.02. The molecule has 0 saturated carbocycles. The smallest absolute Gasteiger partial charge is 0.255 e. The molecule has 0 spiro atoms. The second-order valence-electron chi connectivity index (χ2n) is 4.02. The summed E-state index contributed by atoms with van der Waals surface area (Å²) in [5.41, 5.74) is 2.08. The SMILES string of the molecule is Cc1ccc(Br)cc1Nc1cc(Cl)nc2ncnn12. The quantitative estimate of drug-likeness (QED) is 0.726. The van der Waals surface area contributed by atoms with Crippen molar-refractivity contribution in [2.75, 3.05) is 5.32 Å². The van der Waals surface area contributed by atoms with Gasteiger partial charge >= 0.3 is 0 Å². The molecule has 0 aliphatic rings. The van der Waals surface area contributed by atoms with Crippen LogP contribution in [0, 0.1) is 6.92 Å². The van der Waals surface area contributed by atoms with E-state index in [0.717, 1.165) is 15.7 Å². The Kier molecular flexibility index (Phi) is 3.12. The van der Waals surface area contributed by atoms with Crippen LogP contribution in [0.4, 0.5) is 11.5 Å². The van der Waals surface area contributed by atoms with E-state index in [9.17, 15) is 0 Å². The summed E-state index contributed by atoms with van der Waals surface area (Å²) < 4.78 is 2.60. The molecule has 0 aliphatic heterocycles. The van der Waals surface area contributed by atoms with E-state index in [2.05, 4.69) is 36.3 Å². The molecular formula is C12H9BrClN5. The Labute approximate surface area is 122 Å². The molecule has 5 nitrogen and oxygen atoms in total. The topological polar surface area (TPSA) is 55.1 Å². The number of nitrogens with one attached hydrogen (secondary N) is 1. The van der Waals surface area contributed by atoms with E-state index in [1.165, 1.54) is 6.33 Å². The standard InChI is InChI=1S/C12H9BrClN5/c1-7-2-3-8(13)4-9(7)17-11-5-10(14)18-12-15-6-16-19(11)12/h2-6,17H,1H3. The van der Waals surface area contributed by atoms with Gasteiger partial charge in [0.05, 0.1) is 0 Å². The molecule has 0 fully saturated rings. The van der Waals surface area contributed by atoms with Crippen LogP contribution < -0.4 is 5.32 Å². The molecule has 96 valence electrons. The second kappa shape index (κ2) is 4.79. The van der Waals surface area contributed by atoms with Crippen LogP contribution >= 0.6 is 27.5 Å². The van der Waals surface area contributed by atoms with Crippen molar-refractivity contribution in [2.45, 2.75) is 6.92 Å². The third-order valence-electron chi connectivity index (χ3n) is 2.68. The van der Waals surface area contributed by atoms with Crippen molar-refractivity contribution in [2.24, 2.45) is 0 Å². The molecule has 0 atom stereocenters. The van der Waals surface area contributed by atoms with Gasteiger partial charge in [-0.3, -0.25) is 0 Å². The largest absolute Gasteiger partial charge is 0.340 e. The van der Waals surface area contributed by atoms with E-state index in [4.69, 9.17) is 11.6 Å². The van der Waals surface area contributed by atoms with Crippen molar-refractivity contribution in [1.82, 2.24) is 19.6 Å². The molecule has 1 aromatic carbocycles. The van der Waals surface area contributed by atoms with Crippen LogP contribution in [0.2, 0.25) is 5.15 Å². The highest BCUT2D eigenvalue weighted by Crippen LogP contribution is 2.25. The number of hydrogen-bond acceptors (Lipinski definition) is 4. The lowest BCUT2D eigenvalue weighted by atomic mass is 10.2. The molecule has 0 amide bonds. The fourth-order valence-electron chi connectivity index (χ4n) is 1.74. The molecule has 0 aliphatic carbocycles. The Morgan fingerprint density at radius 1 is 1.32 bits per heavy atom. The minimum atomic E-state index is 0.371. The number of aromatic nitrogens is 4. The van der Waals surface area contributed by atoms with E-state index < -0.39 is 0 Å². The lowest BCUT2D eigenvalue weighted by Gasteiger charge is -2.11. The first-order chi connectivity index (χ1) is 9.13. The summed E-state index contributed by atoms with van der Waals surface area (Å²) in [7, 11) is 0. The van der Waals surface area contributed by atoms with Gasteiger partial charge < -0.3 is 5.32 Å². The maximum absolute atomic E-state index is 5.98. The minimum Gasteiger partial charge on any atom is -0.340 e. The Bertz CT molecular complexity index is 755. The predicted molar refractivity (Wildman–Crippen MR) is 78.0 cm³/mol. The highest BCUT2D eigenvalue weighted by atomic mass is 79.9. The molecule has 3 rings (SSSR count). The fraction of sp³-hybridized carbons (Fsp3) is 0.0833. The van der Waals surface area contributed by atoms with Crippen molar-refractivity contribution in [1.29, 1.82) is 0 Å². The van der Waals surface area contributed by atoms with Crippen molar-refractivity contribution >= 4 is 44.8 Å². The highest BCUT2D eigenvalue weighted by molar-refractivity contribution is 9.10. The number of hydrogen-bond donors (Lipinski definition) is 1. The van der Waals surface area contributed by atoms with Crippen LogP contribution in [0.15, 0.2) is 35.1 Å². The van der Waals surface area contributed by atoms with Crippen molar-refractivity contribution in [3.63, 3.8) is 0 Å². The Balaban J connectivity index is 2.10. The van der Waals surface area contributed by atoms with Crippen LogP contribution in [0.3, 0.4) is 0 Å². The summed E-state index contributed by atoms with van der Waals surface area (Å²) in [5.74, 6) is 1.18. The molecule has 0 radical (unpaired) electrons. The molecule has 7 heteroatoms. The maximum Gasteiger partial charge on any atom is 0.255 e. The first-order valence-corrected chi connectivity index (χ1v) is 6.70. The van der Waals surface area contributed by atoms with Crippen LogP contribution in [0.5, 0.6) is 0 Å². The van der Waals surface area contributed by atoms with Gasteiger partial charge in [0.1, 0.15) is 17.3 Å². The van der Waals surface area contributed by atoms with E-state index in [-0.39, 0.29) is 0 Å². The third kappa shape index (κ3) is 2.41. The first-order valence-electron chi connectivity index (χ1n) is 5.53. The van der Waals surface area contributed by atoms with Gasteiger partial charge in [-0.05, 0) is 24.6 Å². The lowest BCUT2D eigenvalue weighted by molar-refractivity contribution is 0.947. The zero-order valence-electron chi connectivity index (χ0n) is 9.93. The van der Waals surface area contributed by atoms with Gasteiger partial charge in [-0.1, -0.05) is 33.6 Å². The van der Waals surface area contributed by atoms with Gasteiger partial charge in [-0.15, -0.1) is 0 Å². The Morgan fingerprint density at radius 2 is 2.16 bits per heavy atom. The Morgan fingerprint density at radius 3 is 3.00 bits per heavy atom. The summed E-state index contributed by atoms with van der Waals surface area (Å²) in [6.45, 7) is 2.02. The normalized spacial score (nSPS) is 10.9. The molecule has 0 bridgehead atoms. The van der Waals surface area contributed by atoms with E-state index in [0.29, 0.717) is 16.7 Å². The Hall–Kier alpha value is -1.66. The van der Waals surface area contributed by atoms with Crippen LogP contribution in [-0.2, 0) is 0 Å². The highest BCUT2D eigenvalue weighted by Gasteiger charge is 2.08. The number of nitrogens with zero attached hydrogens (tertiary/aromatic N) is 4. The van der Waals surface area contributed by atoms with E-state index in [1.54, 1.807) is 10.6 Å². The van der Waals surface area contributed by atoms with Gasteiger partial charge in [-0.25, -0.2) is 0 Å². The summed E-state index contributed by atoms with van der Waals surface area (Å²) in [6.07, 6.45) is 1.44. The zero-order chi connectivity index (χ0) is 13.4. The number of rotatable bonds is 2. The van der Waals surface area contributed by atoms with Crippen molar-refractivity contribution in [3.05, 3.63) is 45.8 Å². The van der Waals surface area contributed by atoms with Gasteiger partial charge in [-0.2, -0.15) is 19.6 Å². The molecular weight excluding hydrogens is 330 g/mol. The van der Waals surface area contributed by atoms with Crippen LogP contribution in [0.1, 0.15) is 5.56 Å². The summed E-state index contributed by atoms with van der Waals surface area (Å²) in [4.78, 5) is 8.11. The monoisotopic (exact) mass is 337 g/mol. The summed E-state index contributed by atoms with van der Waals surface area (Å²) in [6, 6.07) is 7.72. The molecule has 0 unspecified atom stereocenters. The minimum absolute atomic E-state index is 0.371. The number of aryl methyl sites for hydroxylation is 1. The molecule has 3 aromatic rings. The molecule has 0 saturated heterocycles.